The molecule has 0 saturated heterocycles. The molecule has 0 amide bonds. The van der Waals surface area contributed by atoms with Gasteiger partial charge in [-0.3, -0.25) is 4.90 Å². The van der Waals surface area contributed by atoms with Crippen LogP contribution in [0.25, 0.3) is 16.9 Å². The predicted octanol–water partition coefficient (Wildman–Crippen LogP) is 4.51. The van der Waals surface area contributed by atoms with Gasteiger partial charge in [0, 0.05) is 24.0 Å². The summed E-state index contributed by atoms with van der Waals surface area (Å²) in [4.78, 5) is 7.45. The number of anilines is 1. The van der Waals surface area contributed by atoms with Gasteiger partial charge in [-0.25, -0.2) is 4.98 Å². The number of hydrogen-bond acceptors (Lipinski definition) is 3. The number of pyridine rings is 1. The largest absolute Gasteiger partial charge is 0.399 e. The van der Waals surface area contributed by atoms with Crippen LogP contribution < -0.4 is 5.73 Å². The standard InChI is InChI=1S/C21H28N4/c1-4-10-24(11-5-2)15-19-21(17-7-6-8-18(22)14-17)23-20-13-16(3)9-12-25(19)20/h6-9,12-14H,4-5,10-11,15,22H2,1-3H3. The van der Waals surface area contributed by atoms with Crippen LogP contribution in [-0.2, 0) is 6.54 Å². The van der Waals surface area contributed by atoms with E-state index in [4.69, 9.17) is 10.7 Å². The Morgan fingerprint density at radius 2 is 1.84 bits per heavy atom. The van der Waals surface area contributed by atoms with Crippen LogP contribution in [0.1, 0.15) is 37.9 Å². The van der Waals surface area contributed by atoms with Crippen LogP contribution in [0.3, 0.4) is 0 Å². The second kappa shape index (κ2) is 7.70. The number of fused-ring (bicyclic) bond motifs is 1. The quantitative estimate of drug-likeness (QED) is 0.646. The third kappa shape index (κ3) is 3.85. The molecule has 3 rings (SSSR count). The predicted molar refractivity (Wildman–Crippen MR) is 106 cm³/mol. The Bertz CT molecular complexity index is 844. The molecule has 3 aromatic rings. The molecule has 0 spiro atoms. The Labute approximate surface area is 150 Å². The maximum Gasteiger partial charge on any atom is 0.137 e. The van der Waals surface area contributed by atoms with Crippen LogP contribution in [0, 0.1) is 6.92 Å². The van der Waals surface area contributed by atoms with Crippen molar-refractivity contribution in [1.29, 1.82) is 0 Å². The van der Waals surface area contributed by atoms with Gasteiger partial charge >= 0.3 is 0 Å². The van der Waals surface area contributed by atoms with Gasteiger partial charge < -0.3 is 10.1 Å². The second-order valence-corrected chi connectivity index (χ2v) is 6.74. The molecule has 1 aromatic carbocycles. The second-order valence-electron chi connectivity index (χ2n) is 6.74. The molecule has 0 radical (unpaired) electrons. The van der Waals surface area contributed by atoms with E-state index in [0.29, 0.717) is 0 Å². The highest BCUT2D eigenvalue weighted by Gasteiger charge is 2.17. The Hall–Kier alpha value is -2.33. The number of benzene rings is 1. The minimum absolute atomic E-state index is 0.774. The van der Waals surface area contributed by atoms with Gasteiger partial charge in [0.05, 0.1) is 11.4 Å². The lowest BCUT2D eigenvalue weighted by Gasteiger charge is -2.21. The maximum atomic E-state index is 6.02. The first-order chi connectivity index (χ1) is 12.1. The highest BCUT2D eigenvalue weighted by atomic mass is 15.1. The van der Waals surface area contributed by atoms with Gasteiger partial charge in [-0.15, -0.1) is 0 Å². The summed E-state index contributed by atoms with van der Waals surface area (Å²) < 4.78 is 2.23. The minimum atomic E-state index is 0.774. The third-order valence-electron chi connectivity index (χ3n) is 4.49. The first-order valence-corrected chi connectivity index (χ1v) is 9.18. The highest BCUT2D eigenvalue weighted by molar-refractivity contribution is 5.69. The first kappa shape index (κ1) is 17.5. The van der Waals surface area contributed by atoms with Crippen LogP contribution in [0.2, 0.25) is 0 Å². The summed E-state index contributed by atoms with van der Waals surface area (Å²) in [5.41, 5.74) is 12.4. The molecule has 0 aliphatic carbocycles. The number of aromatic nitrogens is 2. The SMILES string of the molecule is CCCN(CCC)Cc1c(-c2cccc(N)c2)nc2cc(C)ccn12. The molecule has 25 heavy (non-hydrogen) atoms. The average molecular weight is 336 g/mol. The van der Waals surface area contributed by atoms with Crippen molar-refractivity contribution < 1.29 is 0 Å². The number of nitrogens with two attached hydrogens (primary N) is 1. The molecule has 0 unspecified atom stereocenters. The number of aryl methyl sites for hydroxylation is 1. The monoisotopic (exact) mass is 336 g/mol. The van der Waals surface area contributed by atoms with Crippen LogP contribution in [0.5, 0.6) is 0 Å². The molecule has 0 saturated carbocycles. The fraction of sp³-hybridized carbons (Fsp3) is 0.381. The zero-order chi connectivity index (χ0) is 17.8. The molecule has 0 bridgehead atoms. The van der Waals surface area contributed by atoms with Crippen molar-refractivity contribution in [2.24, 2.45) is 0 Å². The van der Waals surface area contributed by atoms with E-state index < -0.39 is 0 Å². The Kier molecular flexibility index (Phi) is 5.39. The lowest BCUT2D eigenvalue weighted by Crippen LogP contribution is -2.25. The van der Waals surface area contributed by atoms with E-state index in [2.05, 4.69) is 54.5 Å². The Morgan fingerprint density at radius 1 is 1.08 bits per heavy atom. The van der Waals surface area contributed by atoms with Crippen LogP contribution in [-0.4, -0.2) is 27.4 Å². The van der Waals surface area contributed by atoms with Crippen molar-refractivity contribution in [2.75, 3.05) is 18.8 Å². The summed E-state index contributed by atoms with van der Waals surface area (Å²) >= 11 is 0. The molecule has 0 atom stereocenters. The zero-order valence-corrected chi connectivity index (χ0v) is 15.5. The molecular weight excluding hydrogens is 308 g/mol. The van der Waals surface area contributed by atoms with Crippen molar-refractivity contribution in [3.8, 4) is 11.3 Å². The summed E-state index contributed by atoms with van der Waals surface area (Å²) in [5.74, 6) is 0. The van der Waals surface area contributed by atoms with Crippen molar-refractivity contribution in [1.82, 2.24) is 14.3 Å². The molecule has 0 aliphatic heterocycles. The Balaban J connectivity index is 2.11. The number of nitrogens with zero attached hydrogens (tertiary/aromatic N) is 3. The summed E-state index contributed by atoms with van der Waals surface area (Å²) in [6.07, 6.45) is 4.45. The van der Waals surface area contributed by atoms with Crippen molar-refractivity contribution in [2.45, 2.75) is 40.2 Å². The Morgan fingerprint density at radius 3 is 2.52 bits per heavy atom. The topological polar surface area (TPSA) is 46.6 Å². The fourth-order valence-corrected chi connectivity index (χ4v) is 3.38. The molecule has 0 fully saturated rings. The van der Waals surface area contributed by atoms with Gasteiger partial charge in [0.25, 0.3) is 0 Å². The molecule has 4 heteroatoms. The van der Waals surface area contributed by atoms with Crippen LogP contribution >= 0.6 is 0 Å². The number of imidazole rings is 1. The van der Waals surface area contributed by atoms with E-state index >= 15 is 0 Å². The lowest BCUT2D eigenvalue weighted by atomic mass is 10.1. The van der Waals surface area contributed by atoms with E-state index in [9.17, 15) is 0 Å². The number of hydrogen-bond donors (Lipinski definition) is 1. The molecule has 0 aliphatic rings. The van der Waals surface area contributed by atoms with Gasteiger partial charge in [-0.1, -0.05) is 26.0 Å². The molecule has 2 heterocycles. The maximum absolute atomic E-state index is 6.02. The van der Waals surface area contributed by atoms with E-state index in [1.165, 1.54) is 11.3 Å². The first-order valence-electron chi connectivity index (χ1n) is 9.18. The number of rotatable bonds is 7. The third-order valence-corrected chi connectivity index (χ3v) is 4.49. The van der Waals surface area contributed by atoms with E-state index in [0.717, 1.165) is 55.1 Å². The highest BCUT2D eigenvalue weighted by Crippen LogP contribution is 2.27. The average Bonchev–Trinajstić information content (AvgIpc) is 2.93. The summed E-state index contributed by atoms with van der Waals surface area (Å²) in [7, 11) is 0. The fourth-order valence-electron chi connectivity index (χ4n) is 3.38. The smallest absolute Gasteiger partial charge is 0.137 e. The molecule has 2 N–H and O–H groups in total. The lowest BCUT2D eigenvalue weighted by molar-refractivity contribution is 0.263. The molecule has 2 aromatic heterocycles. The molecule has 132 valence electrons. The normalized spacial score (nSPS) is 11.5. The molecule has 4 nitrogen and oxygen atoms in total. The van der Waals surface area contributed by atoms with Crippen molar-refractivity contribution in [3.05, 3.63) is 53.9 Å². The van der Waals surface area contributed by atoms with E-state index in [-0.39, 0.29) is 0 Å². The van der Waals surface area contributed by atoms with Gasteiger partial charge in [0.2, 0.25) is 0 Å². The zero-order valence-electron chi connectivity index (χ0n) is 15.5. The van der Waals surface area contributed by atoms with Gasteiger partial charge in [0.1, 0.15) is 5.65 Å². The van der Waals surface area contributed by atoms with Crippen LogP contribution in [0.15, 0.2) is 42.6 Å². The number of nitrogen functional groups attached to an aromatic ring is 1. The van der Waals surface area contributed by atoms with Gasteiger partial charge in [0.15, 0.2) is 0 Å². The summed E-state index contributed by atoms with van der Waals surface area (Å²) in [6.45, 7) is 9.68. The molecular formula is C21H28N4. The van der Waals surface area contributed by atoms with E-state index in [1.807, 2.05) is 18.2 Å². The van der Waals surface area contributed by atoms with Crippen molar-refractivity contribution in [3.63, 3.8) is 0 Å². The van der Waals surface area contributed by atoms with E-state index in [1.54, 1.807) is 0 Å². The van der Waals surface area contributed by atoms with Crippen molar-refractivity contribution >= 4 is 11.3 Å². The summed E-state index contributed by atoms with van der Waals surface area (Å²) in [6, 6.07) is 12.3. The van der Waals surface area contributed by atoms with Gasteiger partial charge in [-0.2, -0.15) is 0 Å². The van der Waals surface area contributed by atoms with Crippen LogP contribution in [0.4, 0.5) is 5.69 Å². The van der Waals surface area contributed by atoms with Gasteiger partial charge in [-0.05, 0) is 62.7 Å². The summed E-state index contributed by atoms with van der Waals surface area (Å²) in [5, 5.41) is 0. The minimum Gasteiger partial charge on any atom is -0.399 e.